The summed E-state index contributed by atoms with van der Waals surface area (Å²) in [6.07, 6.45) is -3.61. The molecule has 0 N–H and O–H groups in total. The van der Waals surface area contributed by atoms with Gasteiger partial charge in [0.25, 0.3) is 11.9 Å². The summed E-state index contributed by atoms with van der Waals surface area (Å²) in [6, 6.07) is 3.49. The van der Waals surface area contributed by atoms with Gasteiger partial charge in [-0.3, -0.25) is 4.79 Å². The van der Waals surface area contributed by atoms with Crippen LogP contribution in [-0.4, -0.2) is 48.3 Å². The lowest BCUT2D eigenvalue weighted by Gasteiger charge is -2.28. The highest BCUT2D eigenvalue weighted by Crippen LogP contribution is 2.61. The number of alkyl halides is 6. The Hall–Kier alpha value is -3.51. The van der Waals surface area contributed by atoms with Crippen LogP contribution in [0.2, 0.25) is 0 Å². The molecule has 2 fully saturated rings. The Morgan fingerprint density at radius 1 is 1.11 bits per heavy atom. The summed E-state index contributed by atoms with van der Waals surface area (Å²) in [6.45, 7) is 3.19. The second-order valence-corrected chi connectivity index (χ2v) is 10.2. The van der Waals surface area contributed by atoms with Gasteiger partial charge in [-0.15, -0.1) is 5.10 Å². The predicted octanol–water partition coefficient (Wildman–Crippen LogP) is 5.53. The SMILES string of the molecule is CC(c1ncn(-c2ncccn2)n1)N(CC1CC1)C(=O)c1cc(C(F)(F)F)cc(C2(C)CC2C(F)(F)F)c1. The maximum atomic E-state index is 13.8. The van der Waals surface area contributed by atoms with E-state index in [0.29, 0.717) is 6.07 Å². The largest absolute Gasteiger partial charge is 0.416 e. The molecule has 3 atom stereocenters. The average molecular weight is 538 g/mol. The summed E-state index contributed by atoms with van der Waals surface area (Å²) in [4.78, 5) is 27.5. The number of halogens is 6. The van der Waals surface area contributed by atoms with Crippen LogP contribution in [0.25, 0.3) is 5.95 Å². The third-order valence-electron chi connectivity index (χ3n) is 7.32. The summed E-state index contributed by atoms with van der Waals surface area (Å²) in [7, 11) is 0. The van der Waals surface area contributed by atoms with E-state index in [9.17, 15) is 31.1 Å². The molecule has 0 bridgehead atoms. The molecule has 2 saturated carbocycles. The first-order chi connectivity index (χ1) is 17.8. The number of benzene rings is 1. The van der Waals surface area contributed by atoms with E-state index >= 15 is 0 Å². The first kappa shape index (κ1) is 26.1. The Morgan fingerprint density at radius 2 is 1.79 bits per heavy atom. The third kappa shape index (κ3) is 5.10. The molecule has 0 spiro atoms. The van der Waals surface area contributed by atoms with Crippen LogP contribution in [0.4, 0.5) is 26.3 Å². The highest BCUT2D eigenvalue weighted by Gasteiger charge is 2.64. The van der Waals surface area contributed by atoms with Gasteiger partial charge < -0.3 is 4.90 Å². The minimum atomic E-state index is -4.84. The zero-order valence-corrected chi connectivity index (χ0v) is 20.5. The number of hydrogen-bond acceptors (Lipinski definition) is 5. The zero-order chi connectivity index (χ0) is 27.5. The van der Waals surface area contributed by atoms with Crippen LogP contribution in [0, 0.1) is 11.8 Å². The molecule has 3 unspecified atom stereocenters. The Kier molecular flexibility index (Phi) is 6.22. The van der Waals surface area contributed by atoms with Gasteiger partial charge in [-0.05, 0) is 61.9 Å². The summed E-state index contributed by atoms with van der Waals surface area (Å²) in [5.74, 6) is -1.85. The first-order valence-electron chi connectivity index (χ1n) is 12.1. The Labute approximate surface area is 213 Å². The molecule has 2 aromatic heterocycles. The molecular formula is C25H24F6N6O. The van der Waals surface area contributed by atoms with E-state index in [0.717, 1.165) is 18.9 Å². The summed E-state index contributed by atoms with van der Waals surface area (Å²) >= 11 is 0. The topological polar surface area (TPSA) is 76.8 Å². The normalized spacial score (nSPS) is 22.3. The van der Waals surface area contributed by atoms with E-state index in [1.54, 1.807) is 13.0 Å². The quantitative estimate of drug-likeness (QED) is 0.370. The van der Waals surface area contributed by atoms with Crippen molar-refractivity contribution in [2.75, 3.05) is 6.54 Å². The Morgan fingerprint density at radius 3 is 2.37 bits per heavy atom. The average Bonchev–Trinajstić information content (AvgIpc) is 3.77. The van der Waals surface area contributed by atoms with Crippen molar-refractivity contribution in [2.45, 2.75) is 56.9 Å². The van der Waals surface area contributed by atoms with Crippen molar-refractivity contribution in [1.29, 1.82) is 0 Å². The number of aromatic nitrogens is 5. The van der Waals surface area contributed by atoms with E-state index in [1.807, 2.05) is 0 Å². The summed E-state index contributed by atoms with van der Waals surface area (Å²) < 4.78 is 82.8. The van der Waals surface area contributed by atoms with Crippen LogP contribution >= 0.6 is 0 Å². The third-order valence-corrected chi connectivity index (χ3v) is 7.32. The minimum Gasteiger partial charge on any atom is -0.328 e. The number of nitrogens with zero attached hydrogens (tertiary/aromatic N) is 6. The lowest BCUT2D eigenvalue weighted by molar-refractivity contribution is -0.152. The highest BCUT2D eigenvalue weighted by molar-refractivity contribution is 5.95. The van der Waals surface area contributed by atoms with Gasteiger partial charge in [-0.1, -0.05) is 6.92 Å². The predicted molar refractivity (Wildman–Crippen MR) is 122 cm³/mol. The zero-order valence-electron chi connectivity index (χ0n) is 20.5. The van der Waals surface area contributed by atoms with Gasteiger partial charge in [-0.2, -0.15) is 31.0 Å². The van der Waals surface area contributed by atoms with Crippen molar-refractivity contribution < 1.29 is 31.1 Å². The molecular weight excluding hydrogens is 514 g/mol. The second-order valence-electron chi connectivity index (χ2n) is 10.2. The molecule has 5 rings (SSSR count). The van der Waals surface area contributed by atoms with Gasteiger partial charge in [0.15, 0.2) is 5.82 Å². The van der Waals surface area contributed by atoms with Gasteiger partial charge >= 0.3 is 12.4 Å². The second kappa shape index (κ2) is 9.05. The molecule has 3 aromatic rings. The van der Waals surface area contributed by atoms with Crippen molar-refractivity contribution >= 4 is 5.91 Å². The van der Waals surface area contributed by atoms with Crippen molar-refractivity contribution in [3.63, 3.8) is 0 Å². The van der Waals surface area contributed by atoms with E-state index < -0.39 is 41.2 Å². The van der Waals surface area contributed by atoms with Gasteiger partial charge in [0.2, 0.25) is 0 Å². The maximum Gasteiger partial charge on any atom is 0.416 e. The highest BCUT2D eigenvalue weighted by atomic mass is 19.4. The molecule has 0 radical (unpaired) electrons. The molecule has 7 nitrogen and oxygen atoms in total. The van der Waals surface area contributed by atoms with Crippen LogP contribution in [0.3, 0.4) is 0 Å². The molecule has 1 amide bonds. The molecule has 13 heteroatoms. The lowest BCUT2D eigenvalue weighted by Crippen LogP contribution is -2.36. The van der Waals surface area contributed by atoms with Crippen molar-refractivity contribution in [3.8, 4) is 5.95 Å². The Bertz CT molecular complexity index is 1340. The number of hydrogen-bond donors (Lipinski definition) is 0. The van der Waals surface area contributed by atoms with Gasteiger partial charge in [-0.25, -0.2) is 15.0 Å². The summed E-state index contributed by atoms with van der Waals surface area (Å²) in [5, 5.41) is 4.35. The van der Waals surface area contributed by atoms with Crippen LogP contribution in [0.1, 0.15) is 66.5 Å². The van der Waals surface area contributed by atoms with E-state index in [4.69, 9.17) is 0 Å². The number of carbonyl (C=O) groups excluding carboxylic acids is 1. The van der Waals surface area contributed by atoms with Crippen molar-refractivity contribution in [2.24, 2.45) is 11.8 Å². The summed E-state index contributed by atoms with van der Waals surface area (Å²) in [5.41, 5.74) is -3.16. The van der Waals surface area contributed by atoms with E-state index in [-0.39, 0.29) is 41.8 Å². The van der Waals surface area contributed by atoms with Gasteiger partial charge in [0, 0.05) is 29.9 Å². The van der Waals surface area contributed by atoms with Gasteiger partial charge in [0.05, 0.1) is 17.5 Å². The fourth-order valence-electron chi connectivity index (χ4n) is 4.68. The molecule has 38 heavy (non-hydrogen) atoms. The molecule has 1 aromatic carbocycles. The number of carbonyl (C=O) groups is 1. The van der Waals surface area contributed by atoms with Crippen molar-refractivity contribution in [3.05, 3.63) is 65.5 Å². The fraction of sp³-hybridized carbons (Fsp3) is 0.480. The maximum absolute atomic E-state index is 13.8. The standard InChI is InChI=1S/C25H24F6N6O/c1-14(20-34-13-37(35-20)22-32-6-3-7-33-22)36(12-15-4-5-15)21(38)16-8-17(10-18(9-16)24(26,27)28)23(2)11-19(23)25(29,30)31/h3,6-10,13-15,19H,4-5,11-12H2,1-2H3. The molecule has 2 aliphatic rings. The monoisotopic (exact) mass is 538 g/mol. The molecule has 2 aliphatic carbocycles. The van der Waals surface area contributed by atoms with E-state index in [1.165, 1.54) is 41.3 Å². The smallest absolute Gasteiger partial charge is 0.328 e. The van der Waals surface area contributed by atoms with E-state index in [2.05, 4.69) is 20.1 Å². The first-order valence-corrected chi connectivity index (χ1v) is 12.1. The molecule has 0 aliphatic heterocycles. The molecule has 2 heterocycles. The van der Waals surface area contributed by atoms with Crippen LogP contribution in [0.15, 0.2) is 43.0 Å². The molecule has 0 saturated heterocycles. The molecule has 202 valence electrons. The minimum absolute atomic E-state index is 0.152. The van der Waals surface area contributed by atoms with Crippen LogP contribution < -0.4 is 0 Å². The fourth-order valence-corrected chi connectivity index (χ4v) is 4.68. The van der Waals surface area contributed by atoms with Crippen LogP contribution in [-0.2, 0) is 11.6 Å². The van der Waals surface area contributed by atoms with Crippen LogP contribution in [0.5, 0.6) is 0 Å². The van der Waals surface area contributed by atoms with Gasteiger partial charge in [0.1, 0.15) is 6.33 Å². The number of rotatable bonds is 7. The van der Waals surface area contributed by atoms with Crippen molar-refractivity contribution in [1.82, 2.24) is 29.6 Å². The lowest BCUT2D eigenvalue weighted by atomic mass is 9.91. The Balaban J connectivity index is 1.50. The number of amides is 1.